The van der Waals surface area contributed by atoms with Crippen LogP contribution in [0.1, 0.15) is 37.6 Å². The molecule has 2 heterocycles. The summed E-state index contributed by atoms with van der Waals surface area (Å²) in [5.74, 6) is 0. The van der Waals surface area contributed by atoms with Crippen LogP contribution in [0.5, 0.6) is 0 Å². The summed E-state index contributed by atoms with van der Waals surface area (Å²) in [4.78, 5) is 0. The minimum atomic E-state index is 0.0354. The highest BCUT2D eigenvalue weighted by atomic mass is 15.4. The van der Waals surface area contributed by atoms with E-state index in [1.54, 1.807) is 0 Å². The fourth-order valence-corrected chi connectivity index (χ4v) is 4.62. The van der Waals surface area contributed by atoms with Crippen molar-refractivity contribution in [3.05, 3.63) is 95.9 Å². The summed E-state index contributed by atoms with van der Waals surface area (Å²) in [6.07, 6.45) is 4.52. The third-order valence-electron chi connectivity index (χ3n) is 6.60. The third-order valence-corrected chi connectivity index (χ3v) is 6.60. The van der Waals surface area contributed by atoms with Gasteiger partial charge in [-0.25, -0.2) is 0 Å². The minimum absolute atomic E-state index is 0.0354. The van der Waals surface area contributed by atoms with Crippen molar-refractivity contribution in [2.75, 3.05) is 0 Å². The summed E-state index contributed by atoms with van der Waals surface area (Å²) >= 11 is 0. The number of aryl methyl sites for hydroxylation is 2. The Kier molecular flexibility index (Phi) is 4.67. The maximum absolute atomic E-state index is 2.36. The molecule has 0 aliphatic carbocycles. The van der Waals surface area contributed by atoms with Crippen molar-refractivity contribution in [1.29, 1.82) is 0 Å². The first-order valence-corrected chi connectivity index (χ1v) is 11.3. The van der Waals surface area contributed by atoms with E-state index in [0.29, 0.717) is 0 Å². The molecule has 0 fully saturated rings. The van der Waals surface area contributed by atoms with Gasteiger partial charge in [-0.15, -0.1) is 9.36 Å². The average molecular weight is 422 g/mol. The van der Waals surface area contributed by atoms with Crippen LogP contribution in [0.2, 0.25) is 0 Å². The van der Waals surface area contributed by atoms with Crippen LogP contribution in [0.4, 0.5) is 0 Å². The normalized spacial score (nSPS) is 12.1. The van der Waals surface area contributed by atoms with Crippen LogP contribution in [0, 0.1) is 13.8 Å². The lowest BCUT2D eigenvalue weighted by Crippen LogP contribution is -2.40. The van der Waals surface area contributed by atoms with Crippen molar-refractivity contribution >= 4 is 21.7 Å². The molecule has 0 saturated carbocycles. The van der Waals surface area contributed by atoms with Gasteiger partial charge in [0.05, 0.1) is 17.1 Å². The smallest absolute Gasteiger partial charge is 0.164 e. The second kappa shape index (κ2) is 7.30. The highest BCUT2D eigenvalue weighted by molar-refractivity contribution is 5.81. The van der Waals surface area contributed by atoms with E-state index in [9.17, 15) is 0 Å². The maximum atomic E-state index is 2.36. The molecule has 5 aromatic rings. The lowest BCUT2D eigenvalue weighted by molar-refractivity contribution is -0.720. The van der Waals surface area contributed by atoms with Crippen LogP contribution in [-0.4, -0.2) is 4.68 Å². The maximum Gasteiger partial charge on any atom is 0.238 e. The fraction of sp³-hybridized carbons (Fsp3) is 0.241. The Labute approximate surface area is 190 Å². The molecule has 0 amide bonds. The van der Waals surface area contributed by atoms with Gasteiger partial charge in [-0.05, 0) is 41.5 Å². The highest BCUT2D eigenvalue weighted by Gasteiger charge is 2.26. The van der Waals surface area contributed by atoms with Crippen LogP contribution in [0.3, 0.4) is 0 Å². The zero-order chi connectivity index (χ0) is 22.6. The van der Waals surface area contributed by atoms with E-state index in [1.807, 2.05) is 0 Å². The van der Waals surface area contributed by atoms with Crippen molar-refractivity contribution < 1.29 is 9.25 Å². The SMILES string of the molecule is Cc1c(-n2cc3ccccc3[n+]2C)cc(C(C)(C)C)cc1-[n+]1cc2ccccc2cc1C. The zero-order valence-corrected chi connectivity index (χ0v) is 19.8. The van der Waals surface area contributed by atoms with Gasteiger partial charge in [0.15, 0.2) is 18.9 Å². The summed E-state index contributed by atoms with van der Waals surface area (Å²) in [7, 11) is 2.14. The number of benzene rings is 3. The molecular formula is C29H31N3+2. The van der Waals surface area contributed by atoms with E-state index in [1.165, 1.54) is 49.9 Å². The Balaban J connectivity index is 1.83. The van der Waals surface area contributed by atoms with Gasteiger partial charge >= 0.3 is 0 Å². The molecule has 0 aliphatic rings. The predicted octanol–water partition coefficient (Wildman–Crippen LogP) is 5.80. The fourth-order valence-electron chi connectivity index (χ4n) is 4.62. The van der Waals surface area contributed by atoms with E-state index < -0.39 is 0 Å². The molecule has 3 aromatic carbocycles. The zero-order valence-electron chi connectivity index (χ0n) is 19.8. The molecule has 3 nitrogen and oxygen atoms in total. The van der Waals surface area contributed by atoms with Gasteiger partial charge < -0.3 is 0 Å². The number of hydrogen-bond donors (Lipinski definition) is 0. The van der Waals surface area contributed by atoms with Gasteiger partial charge in [0.1, 0.15) is 5.69 Å². The minimum Gasteiger partial charge on any atom is -0.164 e. The second-order valence-electron chi connectivity index (χ2n) is 9.86. The van der Waals surface area contributed by atoms with Crippen molar-refractivity contribution in [2.45, 2.75) is 40.0 Å². The number of rotatable bonds is 2. The van der Waals surface area contributed by atoms with Crippen molar-refractivity contribution in [2.24, 2.45) is 7.05 Å². The molecule has 0 aliphatic heterocycles. The van der Waals surface area contributed by atoms with E-state index in [-0.39, 0.29) is 5.41 Å². The standard InChI is InChI=1S/C29H31N3/c1-20-15-22-11-7-8-12-23(22)18-31(20)27-16-25(29(3,4)5)17-28(21(27)2)32-19-24-13-9-10-14-26(24)30(32)6/h7-19H,1-6H3/q+2. The molecule has 0 atom stereocenters. The summed E-state index contributed by atoms with van der Waals surface area (Å²) in [6, 6.07) is 24.1. The van der Waals surface area contributed by atoms with Crippen LogP contribution in [-0.2, 0) is 12.5 Å². The number of para-hydroxylation sites is 1. The van der Waals surface area contributed by atoms with Gasteiger partial charge in [-0.2, -0.15) is 4.57 Å². The number of hydrogen-bond acceptors (Lipinski definition) is 0. The molecule has 5 rings (SSSR count). The molecule has 3 heteroatoms. The molecule has 0 unspecified atom stereocenters. The Bertz CT molecular complexity index is 1480. The number of nitrogens with zero attached hydrogens (tertiary/aromatic N) is 3. The van der Waals surface area contributed by atoms with Gasteiger partial charge in [0.2, 0.25) is 11.2 Å². The van der Waals surface area contributed by atoms with Gasteiger partial charge in [0, 0.05) is 30.5 Å². The molecule has 160 valence electrons. The molecule has 0 radical (unpaired) electrons. The number of aromatic nitrogens is 3. The first kappa shape index (κ1) is 20.4. The Morgan fingerprint density at radius 2 is 1.44 bits per heavy atom. The molecule has 2 aromatic heterocycles. The van der Waals surface area contributed by atoms with E-state index >= 15 is 0 Å². The topological polar surface area (TPSA) is 12.7 Å². The molecule has 0 N–H and O–H groups in total. The average Bonchev–Trinajstić information content (AvgIpc) is 3.09. The van der Waals surface area contributed by atoms with E-state index in [4.69, 9.17) is 0 Å². The van der Waals surface area contributed by atoms with Crippen molar-refractivity contribution in [1.82, 2.24) is 4.68 Å². The third kappa shape index (κ3) is 3.29. The molecular weight excluding hydrogens is 390 g/mol. The van der Waals surface area contributed by atoms with Gasteiger partial charge in [-0.1, -0.05) is 51.1 Å². The highest BCUT2D eigenvalue weighted by Crippen LogP contribution is 2.30. The van der Waals surface area contributed by atoms with Gasteiger partial charge in [-0.3, -0.25) is 0 Å². The number of pyridine rings is 1. The quantitative estimate of drug-likeness (QED) is 0.320. The largest absolute Gasteiger partial charge is 0.238 e. The summed E-state index contributed by atoms with van der Waals surface area (Å²) in [6.45, 7) is 11.3. The van der Waals surface area contributed by atoms with E-state index in [2.05, 4.69) is 135 Å². The summed E-state index contributed by atoms with van der Waals surface area (Å²) < 4.78 is 6.88. The molecule has 0 spiro atoms. The van der Waals surface area contributed by atoms with Crippen LogP contribution >= 0.6 is 0 Å². The van der Waals surface area contributed by atoms with Crippen LogP contribution in [0.15, 0.2) is 79.1 Å². The lowest BCUT2D eigenvalue weighted by Gasteiger charge is -2.21. The van der Waals surface area contributed by atoms with Crippen LogP contribution in [0.25, 0.3) is 33.1 Å². The molecule has 32 heavy (non-hydrogen) atoms. The van der Waals surface area contributed by atoms with Gasteiger partial charge in [0.25, 0.3) is 0 Å². The number of fused-ring (bicyclic) bond motifs is 2. The Morgan fingerprint density at radius 3 is 2.12 bits per heavy atom. The monoisotopic (exact) mass is 421 g/mol. The second-order valence-corrected chi connectivity index (χ2v) is 9.86. The predicted molar refractivity (Wildman–Crippen MR) is 132 cm³/mol. The lowest BCUT2D eigenvalue weighted by atomic mass is 9.85. The first-order chi connectivity index (χ1) is 15.2. The first-order valence-electron chi connectivity index (χ1n) is 11.3. The molecule has 0 bridgehead atoms. The Hall–Kier alpha value is -3.46. The molecule has 0 saturated heterocycles. The summed E-state index contributed by atoms with van der Waals surface area (Å²) in [5, 5.41) is 3.76. The van der Waals surface area contributed by atoms with Crippen LogP contribution < -0.4 is 9.25 Å². The van der Waals surface area contributed by atoms with Crippen molar-refractivity contribution in [3.63, 3.8) is 0 Å². The van der Waals surface area contributed by atoms with E-state index in [0.717, 1.165) is 0 Å². The summed E-state index contributed by atoms with van der Waals surface area (Å²) in [5.41, 5.74) is 7.52. The van der Waals surface area contributed by atoms with Crippen molar-refractivity contribution in [3.8, 4) is 11.4 Å². The Morgan fingerprint density at radius 1 is 0.781 bits per heavy atom.